The van der Waals surface area contributed by atoms with Crippen LogP contribution in [0.25, 0.3) is 22.1 Å². The van der Waals surface area contributed by atoms with Crippen LogP contribution in [0.4, 0.5) is 13.2 Å². The molecule has 3 aromatic rings. The van der Waals surface area contributed by atoms with E-state index in [1.54, 1.807) is 6.07 Å². The Balaban J connectivity index is 2.25. The SMILES string of the molecule is CCc1ccc2oc(CC(F)(F)F)c(-c3ccccc3)c2c1. The summed E-state index contributed by atoms with van der Waals surface area (Å²) in [5, 5.41) is 0.741. The van der Waals surface area contributed by atoms with Gasteiger partial charge in [-0.05, 0) is 29.7 Å². The summed E-state index contributed by atoms with van der Waals surface area (Å²) in [7, 11) is 0. The minimum Gasteiger partial charge on any atom is -0.460 e. The Kier molecular flexibility index (Phi) is 3.69. The second-order valence-corrected chi connectivity index (χ2v) is 5.24. The number of rotatable bonds is 3. The molecule has 0 unspecified atom stereocenters. The molecule has 0 aliphatic heterocycles. The van der Waals surface area contributed by atoms with E-state index in [1.807, 2.05) is 49.4 Å². The average molecular weight is 304 g/mol. The molecule has 2 aromatic carbocycles. The number of halogens is 3. The molecule has 0 N–H and O–H groups in total. The largest absolute Gasteiger partial charge is 0.460 e. The van der Waals surface area contributed by atoms with Gasteiger partial charge in [-0.3, -0.25) is 0 Å². The predicted molar refractivity (Wildman–Crippen MR) is 80.8 cm³/mol. The molecule has 0 amide bonds. The Morgan fingerprint density at radius 2 is 1.73 bits per heavy atom. The Bertz CT molecular complexity index is 785. The lowest BCUT2D eigenvalue weighted by atomic mass is 9.99. The van der Waals surface area contributed by atoms with Crippen LogP contribution in [0, 0.1) is 0 Å². The van der Waals surface area contributed by atoms with Crippen LogP contribution in [0.15, 0.2) is 52.9 Å². The van der Waals surface area contributed by atoms with Crippen molar-refractivity contribution in [2.45, 2.75) is 25.9 Å². The van der Waals surface area contributed by atoms with Gasteiger partial charge in [0.25, 0.3) is 0 Å². The third-order valence-corrected chi connectivity index (χ3v) is 3.66. The highest BCUT2D eigenvalue weighted by Crippen LogP contribution is 2.38. The van der Waals surface area contributed by atoms with E-state index in [4.69, 9.17) is 4.42 Å². The van der Waals surface area contributed by atoms with Crippen molar-refractivity contribution < 1.29 is 17.6 Å². The van der Waals surface area contributed by atoms with Crippen LogP contribution in [-0.4, -0.2) is 6.18 Å². The smallest absolute Gasteiger partial charge is 0.396 e. The van der Waals surface area contributed by atoms with Gasteiger partial charge in [0.15, 0.2) is 0 Å². The molecule has 0 saturated heterocycles. The van der Waals surface area contributed by atoms with E-state index in [-0.39, 0.29) is 5.76 Å². The maximum absolute atomic E-state index is 12.9. The topological polar surface area (TPSA) is 13.1 Å². The second kappa shape index (κ2) is 5.52. The quantitative estimate of drug-likeness (QED) is 0.599. The standard InChI is InChI=1S/C18H15F3O/c1-2-12-8-9-15-14(10-12)17(13-6-4-3-5-7-13)16(22-15)11-18(19,20)21/h3-10H,2,11H2,1H3. The van der Waals surface area contributed by atoms with Crippen molar-refractivity contribution in [3.05, 3.63) is 59.9 Å². The van der Waals surface area contributed by atoms with Crippen molar-refractivity contribution in [1.29, 1.82) is 0 Å². The average Bonchev–Trinajstić information content (AvgIpc) is 2.82. The first kappa shape index (κ1) is 14.7. The van der Waals surface area contributed by atoms with Crippen LogP contribution in [0.2, 0.25) is 0 Å². The Morgan fingerprint density at radius 3 is 2.36 bits per heavy atom. The van der Waals surface area contributed by atoms with E-state index in [2.05, 4.69) is 0 Å². The fourth-order valence-corrected chi connectivity index (χ4v) is 2.64. The van der Waals surface area contributed by atoms with Crippen LogP contribution in [0.5, 0.6) is 0 Å². The summed E-state index contributed by atoms with van der Waals surface area (Å²) in [6.45, 7) is 2.01. The second-order valence-electron chi connectivity index (χ2n) is 5.24. The maximum atomic E-state index is 12.9. The molecule has 1 heterocycles. The molecule has 0 aliphatic rings. The molecule has 4 heteroatoms. The van der Waals surface area contributed by atoms with Crippen molar-refractivity contribution in [2.75, 3.05) is 0 Å². The van der Waals surface area contributed by atoms with Crippen LogP contribution in [-0.2, 0) is 12.8 Å². The van der Waals surface area contributed by atoms with Crippen LogP contribution < -0.4 is 0 Å². The number of aryl methyl sites for hydroxylation is 1. The first-order chi connectivity index (χ1) is 10.5. The number of benzene rings is 2. The lowest BCUT2D eigenvalue weighted by molar-refractivity contribution is -0.129. The fourth-order valence-electron chi connectivity index (χ4n) is 2.64. The molecular formula is C18H15F3O. The van der Waals surface area contributed by atoms with Crippen molar-refractivity contribution >= 4 is 11.0 Å². The van der Waals surface area contributed by atoms with Gasteiger partial charge in [0.2, 0.25) is 0 Å². The summed E-state index contributed by atoms with van der Waals surface area (Å²) in [6, 6.07) is 14.6. The van der Waals surface area contributed by atoms with E-state index >= 15 is 0 Å². The zero-order valence-electron chi connectivity index (χ0n) is 12.1. The lowest BCUT2D eigenvalue weighted by Gasteiger charge is -2.07. The number of furan rings is 1. The number of hydrogen-bond donors (Lipinski definition) is 0. The normalized spacial score (nSPS) is 12.0. The minimum absolute atomic E-state index is 0.0260. The highest BCUT2D eigenvalue weighted by molar-refractivity contribution is 5.96. The van der Waals surface area contributed by atoms with Gasteiger partial charge in [-0.25, -0.2) is 0 Å². The first-order valence-corrected chi connectivity index (χ1v) is 7.14. The predicted octanol–water partition coefficient (Wildman–Crippen LogP) is 5.77. The molecule has 0 spiro atoms. The molecule has 1 aromatic heterocycles. The molecule has 0 saturated carbocycles. The Labute approximate surface area is 126 Å². The third-order valence-electron chi connectivity index (χ3n) is 3.66. The lowest BCUT2D eigenvalue weighted by Crippen LogP contribution is -2.11. The van der Waals surface area contributed by atoms with Crippen molar-refractivity contribution in [2.24, 2.45) is 0 Å². The molecule has 22 heavy (non-hydrogen) atoms. The minimum atomic E-state index is -4.30. The number of hydrogen-bond acceptors (Lipinski definition) is 1. The van der Waals surface area contributed by atoms with E-state index in [0.717, 1.165) is 22.9 Å². The summed E-state index contributed by atoms with van der Waals surface area (Å²) in [4.78, 5) is 0. The van der Waals surface area contributed by atoms with Gasteiger partial charge in [0.05, 0.1) is 0 Å². The molecule has 1 nitrogen and oxygen atoms in total. The van der Waals surface area contributed by atoms with E-state index < -0.39 is 12.6 Å². The molecule has 0 radical (unpaired) electrons. The molecular weight excluding hydrogens is 289 g/mol. The fraction of sp³-hybridized carbons (Fsp3) is 0.222. The van der Waals surface area contributed by atoms with Crippen LogP contribution >= 0.6 is 0 Å². The summed E-state index contributed by atoms with van der Waals surface area (Å²) in [6.07, 6.45) is -4.54. The monoisotopic (exact) mass is 304 g/mol. The van der Waals surface area contributed by atoms with Crippen molar-refractivity contribution in [3.63, 3.8) is 0 Å². The zero-order chi connectivity index (χ0) is 15.7. The van der Waals surface area contributed by atoms with Gasteiger partial charge in [0, 0.05) is 10.9 Å². The maximum Gasteiger partial charge on any atom is 0.396 e. The van der Waals surface area contributed by atoms with Gasteiger partial charge in [-0.1, -0.05) is 43.3 Å². The Hall–Kier alpha value is -2.23. The molecule has 0 aliphatic carbocycles. The van der Waals surface area contributed by atoms with E-state index in [1.165, 1.54) is 0 Å². The molecule has 0 atom stereocenters. The van der Waals surface area contributed by atoms with Crippen molar-refractivity contribution in [1.82, 2.24) is 0 Å². The highest BCUT2D eigenvalue weighted by Gasteiger charge is 2.32. The van der Waals surface area contributed by atoms with E-state index in [0.29, 0.717) is 11.1 Å². The van der Waals surface area contributed by atoms with Crippen LogP contribution in [0.3, 0.4) is 0 Å². The number of fused-ring (bicyclic) bond motifs is 1. The zero-order valence-corrected chi connectivity index (χ0v) is 12.1. The molecule has 0 fully saturated rings. The van der Waals surface area contributed by atoms with E-state index in [9.17, 15) is 13.2 Å². The van der Waals surface area contributed by atoms with Crippen molar-refractivity contribution in [3.8, 4) is 11.1 Å². The highest BCUT2D eigenvalue weighted by atomic mass is 19.4. The van der Waals surface area contributed by atoms with Gasteiger partial charge < -0.3 is 4.42 Å². The summed E-state index contributed by atoms with van der Waals surface area (Å²) >= 11 is 0. The molecule has 114 valence electrons. The van der Waals surface area contributed by atoms with Gasteiger partial charge in [-0.2, -0.15) is 13.2 Å². The van der Waals surface area contributed by atoms with Gasteiger partial charge in [-0.15, -0.1) is 0 Å². The number of alkyl halides is 3. The van der Waals surface area contributed by atoms with Crippen LogP contribution in [0.1, 0.15) is 18.2 Å². The summed E-state index contributed by atoms with van der Waals surface area (Å²) < 4.78 is 44.1. The molecule has 0 bridgehead atoms. The van der Waals surface area contributed by atoms with Gasteiger partial charge >= 0.3 is 6.18 Å². The summed E-state index contributed by atoms with van der Waals surface area (Å²) in [5.41, 5.74) is 2.86. The third kappa shape index (κ3) is 2.86. The Morgan fingerprint density at radius 1 is 1.00 bits per heavy atom. The molecule has 3 rings (SSSR count). The summed E-state index contributed by atoms with van der Waals surface area (Å²) in [5.74, 6) is -0.0260. The first-order valence-electron chi connectivity index (χ1n) is 7.14. The van der Waals surface area contributed by atoms with Gasteiger partial charge in [0.1, 0.15) is 17.8 Å².